The van der Waals surface area contributed by atoms with Crippen LogP contribution in [0.2, 0.25) is 0 Å². The van der Waals surface area contributed by atoms with Gasteiger partial charge in [-0.1, -0.05) is 35.7 Å². The summed E-state index contributed by atoms with van der Waals surface area (Å²) < 4.78 is 0.978. The fraction of sp³-hybridized carbons (Fsp3) is 0.533. The van der Waals surface area contributed by atoms with E-state index >= 15 is 0 Å². The van der Waals surface area contributed by atoms with Crippen molar-refractivity contribution in [3.63, 3.8) is 0 Å². The molecule has 0 amide bonds. The molecule has 1 aliphatic rings. The number of aromatic nitrogens is 2. The molecule has 1 heterocycles. The van der Waals surface area contributed by atoms with Crippen LogP contribution in [-0.2, 0) is 0 Å². The number of benzene rings is 1. The molecule has 0 saturated heterocycles. The summed E-state index contributed by atoms with van der Waals surface area (Å²) in [6.07, 6.45) is 4.91. The molecular formula is C15H20BrN3O. The monoisotopic (exact) mass is 337 g/mol. The Kier molecular flexibility index (Phi) is 3.73. The summed E-state index contributed by atoms with van der Waals surface area (Å²) >= 11 is 3.59. The van der Waals surface area contributed by atoms with Gasteiger partial charge in [0.15, 0.2) is 0 Å². The van der Waals surface area contributed by atoms with E-state index in [2.05, 4.69) is 32.8 Å². The topological polar surface area (TPSA) is 74.7 Å². The Morgan fingerprint density at radius 2 is 1.80 bits per heavy atom. The van der Waals surface area contributed by atoms with Crippen molar-refractivity contribution in [2.24, 2.45) is 17.6 Å². The van der Waals surface area contributed by atoms with Gasteiger partial charge in [0.05, 0.1) is 11.0 Å². The zero-order valence-corrected chi connectivity index (χ0v) is 13.2. The summed E-state index contributed by atoms with van der Waals surface area (Å²) in [4.78, 5) is 16.9. The fourth-order valence-corrected chi connectivity index (χ4v) is 3.83. The van der Waals surface area contributed by atoms with Gasteiger partial charge in [0.25, 0.3) is 0 Å². The number of nitrogens with two attached hydrogens (primary N) is 1. The lowest BCUT2D eigenvalue weighted by Gasteiger charge is -2.31. The minimum atomic E-state index is -0.177. The highest BCUT2D eigenvalue weighted by atomic mass is 79.9. The Morgan fingerprint density at radius 3 is 2.45 bits per heavy atom. The molecule has 20 heavy (non-hydrogen) atoms. The number of hydrogen-bond donors (Lipinski definition) is 3. The van der Waals surface area contributed by atoms with Crippen molar-refractivity contribution in [1.82, 2.24) is 9.97 Å². The Labute approximate surface area is 126 Å². The molecule has 1 aromatic carbocycles. The third-order valence-electron chi connectivity index (χ3n) is 4.56. The number of imidazole rings is 1. The van der Waals surface area contributed by atoms with Crippen LogP contribution in [0.4, 0.5) is 0 Å². The Morgan fingerprint density at radius 1 is 1.20 bits per heavy atom. The van der Waals surface area contributed by atoms with E-state index in [9.17, 15) is 4.79 Å². The van der Waals surface area contributed by atoms with Crippen molar-refractivity contribution in [1.29, 1.82) is 0 Å². The molecule has 1 atom stereocenters. The second kappa shape index (κ2) is 5.37. The normalized spacial score (nSPS) is 24.9. The summed E-state index contributed by atoms with van der Waals surface area (Å²) in [5.74, 6) is 1.36. The third kappa shape index (κ3) is 2.56. The summed E-state index contributed by atoms with van der Waals surface area (Å²) in [5.41, 5.74) is 9.04. The smallest absolute Gasteiger partial charge is 0.323 e. The van der Waals surface area contributed by atoms with E-state index in [0.29, 0.717) is 5.92 Å². The zero-order valence-electron chi connectivity index (χ0n) is 11.6. The molecule has 1 unspecified atom stereocenters. The van der Waals surface area contributed by atoms with Crippen molar-refractivity contribution in [3.05, 3.63) is 32.7 Å². The lowest BCUT2D eigenvalue weighted by molar-refractivity contribution is 0.256. The number of hydrogen-bond acceptors (Lipinski definition) is 2. The molecule has 5 heteroatoms. The van der Waals surface area contributed by atoms with Crippen LogP contribution in [0.3, 0.4) is 0 Å². The quantitative estimate of drug-likeness (QED) is 0.785. The molecule has 1 aliphatic carbocycles. The van der Waals surface area contributed by atoms with E-state index in [0.717, 1.165) is 27.0 Å². The summed E-state index contributed by atoms with van der Waals surface area (Å²) in [6.45, 7) is 2.31. The minimum Gasteiger partial charge on any atom is -0.324 e. The Balaban J connectivity index is 1.92. The highest BCUT2D eigenvalue weighted by Gasteiger charge is 2.26. The summed E-state index contributed by atoms with van der Waals surface area (Å²) in [7, 11) is 0. The van der Waals surface area contributed by atoms with Crippen LogP contribution >= 0.6 is 15.9 Å². The van der Waals surface area contributed by atoms with Crippen LogP contribution in [0.5, 0.6) is 0 Å². The fourth-order valence-electron chi connectivity index (χ4n) is 3.23. The van der Waals surface area contributed by atoms with E-state index < -0.39 is 0 Å². The van der Waals surface area contributed by atoms with Gasteiger partial charge in [-0.2, -0.15) is 0 Å². The third-order valence-corrected chi connectivity index (χ3v) is 5.25. The van der Waals surface area contributed by atoms with Crippen molar-refractivity contribution >= 4 is 27.0 Å². The zero-order chi connectivity index (χ0) is 14.3. The maximum Gasteiger partial charge on any atom is 0.323 e. The molecule has 1 aromatic heterocycles. The van der Waals surface area contributed by atoms with Crippen molar-refractivity contribution in [2.75, 3.05) is 0 Å². The highest BCUT2D eigenvalue weighted by molar-refractivity contribution is 9.10. The molecule has 4 nitrogen and oxygen atoms in total. The van der Waals surface area contributed by atoms with Crippen molar-refractivity contribution < 1.29 is 0 Å². The molecule has 1 saturated carbocycles. The van der Waals surface area contributed by atoms with E-state index in [4.69, 9.17) is 5.73 Å². The molecule has 4 N–H and O–H groups in total. The molecule has 2 aromatic rings. The highest BCUT2D eigenvalue weighted by Crippen LogP contribution is 2.38. The average molecular weight is 338 g/mol. The van der Waals surface area contributed by atoms with Crippen LogP contribution in [0.25, 0.3) is 11.0 Å². The van der Waals surface area contributed by atoms with Gasteiger partial charge in [-0.15, -0.1) is 0 Å². The van der Waals surface area contributed by atoms with Gasteiger partial charge in [-0.25, -0.2) is 4.79 Å². The van der Waals surface area contributed by atoms with Gasteiger partial charge in [-0.3, -0.25) is 0 Å². The Bertz CT molecular complexity index is 667. The number of aromatic amines is 2. The maximum absolute atomic E-state index is 11.4. The number of halogens is 1. The van der Waals surface area contributed by atoms with E-state index in [-0.39, 0.29) is 11.7 Å². The van der Waals surface area contributed by atoms with Crippen molar-refractivity contribution in [2.45, 2.75) is 38.6 Å². The number of rotatable bonds is 2. The second-order valence-electron chi connectivity index (χ2n) is 6.04. The average Bonchev–Trinajstić information content (AvgIpc) is 2.77. The molecule has 3 rings (SSSR count). The first-order valence-corrected chi connectivity index (χ1v) is 8.01. The van der Waals surface area contributed by atoms with Gasteiger partial charge in [0, 0.05) is 10.5 Å². The lowest BCUT2D eigenvalue weighted by atomic mass is 9.77. The molecule has 1 fully saturated rings. The molecule has 0 radical (unpaired) electrons. The first-order valence-electron chi connectivity index (χ1n) is 7.21. The predicted molar refractivity (Wildman–Crippen MR) is 84.7 cm³/mol. The van der Waals surface area contributed by atoms with Gasteiger partial charge in [0.1, 0.15) is 0 Å². The second-order valence-corrected chi connectivity index (χ2v) is 6.90. The number of H-pyrrole nitrogens is 2. The first-order chi connectivity index (χ1) is 9.54. The van der Waals surface area contributed by atoms with Crippen LogP contribution in [-0.4, -0.2) is 9.97 Å². The largest absolute Gasteiger partial charge is 0.324 e. The van der Waals surface area contributed by atoms with Crippen LogP contribution in [0.15, 0.2) is 21.4 Å². The SMILES string of the molecule is CC1CCC(C(N)c2cc3[nH]c(=O)[nH]c3cc2Br)CC1. The number of fused-ring (bicyclic) bond motifs is 1. The van der Waals surface area contributed by atoms with Crippen LogP contribution < -0.4 is 11.4 Å². The van der Waals surface area contributed by atoms with Crippen LogP contribution in [0.1, 0.15) is 44.2 Å². The molecule has 0 spiro atoms. The van der Waals surface area contributed by atoms with Crippen LogP contribution in [0, 0.1) is 11.8 Å². The summed E-state index contributed by atoms with van der Waals surface area (Å²) in [6, 6.07) is 3.97. The van der Waals surface area contributed by atoms with E-state index in [1.807, 2.05) is 12.1 Å². The van der Waals surface area contributed by atoms with Gasteiger partial charge in [0.2, 0.25) is 0 Å². The molecule has 0 aliphatic heterocycles. The maximum atomic E-state index is 11.4. The Hall–Kier alpha value is -1.07. The van der Waals surface area contributed by atoms with Gasteiger partial charge >= 0.3 is 5.69 Å². The van der Waals surface area contributed by atoms with Gasteiger partial charge < -0.3 is 15.7 Å². The van der Waals surface area contributed by atoms with E-state index in [1.165, 1.54) is 25.7 Å². The predicted octanol–water partition coefficient (Wildman–Crippen LogP) is 3.44. The summed E-state index contributed by atoms with van der Waals surface area (Å²) in [5, 5.41) is 0. The molecular weight excluding hydrogens is 318 g/mol. The molecule has 0 bridgehead atoms. The minimum absolute atomic E-state index is 0.0275. The van der Waals surface area contributed by atoms with Gasteiger partial charge in [-0.05, 0) is 42.4 Å². The standard InChI is InChI=1S/C15H20BrN3O/c1-8-2-4-9(5-3-8)14(17)10-6-12-13(7-11(10)16)19-15(20)18-12/h6-9,14H,2-5,17H2,1H3,(H2,18,19,20). The van der Waals surface area contributed by atoms with Crippen molar-refractivity contribution in [3.8, 4) is 0 Å². The first kappa shape index (κ1) is 13.9. The molecule has 108 valence electrons. The number of nitrogens with one attached hydrogen (secondary N) is 2. The lowest BCUT2D eigenvalue weighted by Crippen LogP contribution is -2.25. The van der Waals surface area contributed by atoms with E-state index in [1.54, 1.807) is 0 Å².